The number of hydrogen-bond donors (Lipinski definition) is 1. The van der Waals surface area contributed by atoms with Crippen molar-refractivity contribution in [1.29, 1.82) is 0 Å². The Morgan fingerprint density at radius 2 is 2.00 bits per heavy atom. The predicted molar refractivity (Wildman–Crippen MR) is 87.6 cm³/mol. The second-order valence-corrected chi connectivity index (χ2v) is 7.25. The predicted octanol–water partition coefficient (Wildman–Crippen LogP) is 4.08. The van der Waals surface area contributed by atoms with Gasteiger partial charge in [0, 0.05) is 24.4 Å². The standard InChI is InChI=1S/C16H30N2OS/c1-7-9-16(8-2,17-10-11-19-6)14-18-13(12-20-14)15(3,4)5/h12,17H,7-11H2,1-6H3. The lowest BCUT2D eigenvalue weighted by Crippen LogP contribution is -2.43. The third kappa shape index (κ3) is 4.27. The van der Waals surface area contributed by atoms with Crippen molar-refractivity contribution in [2.24, 2.45) is 0 Å². The number of ether oxygens (including phenoxy) is 1. The first-order valence-corrected chi connectivity index (χ1v) is 8.48. The SMILES string of the molecule is CCCC(CC)(NCCOC)c1nc(C(C)(C)C)cs1. The van der Waals surface area contributed by atoms with E-state index in [1.807, 2.05) is 0 Å². The molecule has 0 radical (unpaired) electrons. The van der Waals surface area contributed by atoms with E-state index in [4.69, 9.17) is 9.72 Å². The van der Waals surface area contributed by atoms with Gasteiger partial charge >= 0.3 is 0 Å². The van der Waals surface area contributed by atoms with Gasteiger partial charge in [-0.15, -0.1) is 11.3 Å². The second kappa shape index (κ2) is 7.53. The highest BCUT2D eigenvalue weighted by atomic mass is 32.1. The van der Waals surface area contributed by atoms with Crippen LogP contribution in [0.2, 0.25) is 0 Å². The Hall–Kier alpha value is -0.450. The number of methoxy groups -OCH3 is 1. The monoisotopic (exact) mass is 298 g/mol. The van der Waals surface area contributed by atoms with Crippen LogP contribution in [0.5, 0.6) is 0 Å². The average Bonchev–Trinajstić information content (AvgIpc) is 2.88. The number of thiazole rings is 1. The van der Waals surface area contributed by atoms with E-state index >= 15 is 0 Å². The summed E-state index contributed by atoms with van der Waals surface area (Å²) >= 11 is 1.79. The maximum atomic E-state index is 5.18. The van der Waals surface area contributed by atoms with E-state index in [-0.39, 0.29) is 11.0 Å². The third-order valence-corrected chi connectivity index (χ3v) is 4.78. The van der Waals surface area contributed by atoms with Gasteiger partial charge in [-0.05, 0) is 12.8 Å². The summed E-state index contributed by atoms with van der Waals surface area (Å²) in [4.78, 5) is 4.94. The minimum Gasteiger partial charge on any atom is -0.383 e. The molecule has 20 heavy (non-hydrogen) atoms. The van der Waals surface area contributed by atoms with Gasteiger partial charge in [-0.2, -0.15) is 0 Å². The first kappa shape index (κ1) is 17.6. The highest BCUT2D eigenvalue weighted by molar-refractivity contribution is 7.09. The number of aromatic nitrogens is 1. The summed E-state index contributed by atoms with van der Waals surface area (Å²) in [7, 11) is 1.75. The van der Waals surface area contributed by atoms with Gasteiger partial charge in [-0.1, -0.05) is 41.0 Å². The van der Waals surface area contributed by atoms with E-state index in [0.29, 0.717) is 0 Å². The summed E-state index contributed by atoms with van der Waals surface area (Å²) in [6.07, 6.45) is 3.32. The maximum absolute atomic E-state index is 5.18. The molecule has 0 aliphatic heterocycles. The molecular formula is C16H30N2OS. The van der Waals surface area contributed by atoms with Crippen molar-refractivity contribution in [2.75, 3.05) is 20.3 Å². The van der Waals surface area contributed by atoms with Crippen molar-refractivity contribution in [3.8, 4) is 0 Å². The lowest BCUT2D eigenvalue weighted by atomic mass is 9.90. The smallest absolute Gasteiger partial charge is 0.113 e. The van der Waals surface area contributed by atoms with Gasteiger partial charge in [-0.25, -0.2) is 4.98 Å². The van der Waals surface area contributed by atoms with Gasteiger partial charge in [0.25, 0.3) is 0 Å². The molecule has 0 bridgehead atoms. The number of nitrogens with one attached hydrogen (secondary N) is 1. The normalized spacial score (nSPS) is 15.3. The third-order valence-electron chi connectivity index (χ3n) is 3.73. The highest BCUT2D eigenvalue weighted by Crippen LogP contribution is 2.35. The Morgan fingerprint density at radius 3 is 2.45 bits per heavy atom. The molecule has 1 heterocycles. The molecule has 1 aromatic heterocycles. The van der Waals surface area contributed by atoms with Crippen molar-refractivity contribution in [1.82, 2.24) is 10.3 Å². The number of hydrogen-bond acceptors (Lipinski definition) is 4. The van der Waals surface area contributed by atoms with Crippen LogP contribution in [0.15, 0.2) is 5.38 Å². The van der Waals surface area contributed by atoms with E-state index < -0.39 is 0 Å². The molecule has 3 nitrogen and oxygen atoms in total. The van der Waals surface area contributed by atoms with E-state index in [0.717, 1.165) is 32.4 Å². The first-order valence-electron chi connectivity index (χ1n) is 7.60. The molecule has 116 valence electrons. The topological polar surface area (TPSA) is 34.1 Å². The van der Waals surface area contributed by atoms with Crippen LogP contribution in [0.4, 0.5) is 0 Å². The van der Waals surface area contributed by atoms with Crippen molar-refractivity contribution in [2.45, 2.75) is 64.8 Å². The van der Waals surface area contributed by atoms with E-state index in [1.165, 1.54) is 10.7 Å². The van der Waals surface area contributed by atoms with Crippen LogP contribution in [0.1, 0.15) is 64.6 Å². The number of nitrogens with zero attached hydrogens (tertiary/aromatic N) is 1. The average molecular weight is 298 g/mol. The summed E-state index contributed by atoms with van der Waals surface area (Å²) in [5.74, 6) is 0. The molecular weight excluding hydrogens is 268 g/mol. The molecule has 0 spiro atoms. The first-order chi connectivity index (χ1) is 9.39. The fourth-order valence-corrected chi connectivity index (χ4v) is 3.71. The second-order valence-electron chi connectivity index (χ2n) is 6.39. The van der Waals surface area contributed by atoms with Gasteiger partial charge in [0.15, 0.2) is 0 Å². The summed E-state index contributed by atoms with van der Waals surface area (Å²) in [6, 6.07) is 0. The Kier molecular flexibility index (Phi) is 6.62. The summed E-state index contributed by atoms with van der Waals surface area (Å²) in [5.41, 5.74) is 1.31. The van der Waals surface area contributed by atoms with Crippen LogP contribution < -0.4 is 5.32 Å². The van der Waals surface area contributed by atoms with Gasteiger partial charge in [0.1, 0.15) is 5.01 Å². The van der Waals surface area contributed by atoms with E-state index in [9.17, 15) is 0 Å². The molecule has 4 heteroatoms. The Bertz CT molecular complexity index is 397. The van der Waals surface area contributed by atoms with Gasteiger partial charge in [-0.3, -0.25) is 0 Å². The van der Waals surface area contributed by atoms with Gasteiger partial charge in [0.2, 0.25) is 0 Å². The van der Waals surface area contributed by atoms with Crippen LogP contribution in [0.25, 0.3) is 0 Å². The van der Waals surface area contributed by atoms with Crippen LogP contribution in [0, 0.1) is 0 Å². The fourth-order valence-electron chi connectivity index (χ4n) is 2.38. The van der Waals surface area contributed by atoms with Crippen LogP contribution in [0.3, 0.4) is 0 Å². The molecule has 0 aliphatic carbocycles. The summed E-state index contributed by atoms with van der Waals surface area (Å²) in [5, 5.41) is 7.13. The quantitative estimate of drug-likeness (QED) is 0.734. The summed E-state index contributed by atoms with van der Waals surface area (Å²) < 4.78 is 5.18. The number of rotatable bonds is 8. The van der Waals surface area contributed by atoms with Gasteiger partial charge < -0.3 is 10.1 Å². The summed E-state index contributed by atoms with van der Waals surface area (Å²) in [6.45, 7) is 12.7. The molecule has 1 rings (SSSR count). The molecule has 1 N–H and O–H groups in total. The van der Waals surface area contributed by atoms with Crippen molar-refractivity contribution < 1.29 is 4.74 Å². The Balaban J connectivity index is 3.00. The van der Waals surface area contributed by atoms with E-state index in [1.54, 1.807) is 18.4 Å². The molecule has 1 atom stereocenters. The molecule has 0 aromatic carbocycles. The lowest BCUT2D eigenvalue weighted by Gasteiger charge is -2.32. The molecule has 1 aromatic rings. The lowest BCUT2D eigenvalue weighted by molar-refractivity contribution is 0.178. The molecule has 0 fully saturated rings. The Labute approximate surface area is 128 Å². The molecule has 0 saturated carbocycles. The van der Waals surface area contributed by atoms with Crippen LogP contribution in [-0.4, -0.2) is 25.2 Å². The van der Waals surface area contributed by atoms with Crippen molar-refractivity contribution in [3.05, 3.63) is 16.1 Å². The minimum absolute atomic E-state index is 0.00144. The van der Waals surface area contributed by atoms with Crippen molar-refractivity contribution in [3.63, 3.8) is 0 Å². The minimum atomic E-state index is 0.00144. The van der Waals surface area contributed by atoms with E-state index in [2.05, 4.69) is 45.3 Å². The molecule has 0 saturated heterocycles. The zero-order valence-electron chi connectivity index (χ0n) is 13.9. The highest BCUT2D eigenvalue weighted by Gasteiger charge is 2.33. The Morgan fingerprint density at radius 1 is 1.30 bits per heavy atom. The molecule has 1 unspecified atom stereocenters. The largest absolute Gasteiger partial charge is 0.383 e. The molecule has 0 amide bonds. The zero-order valence-corrected chi connectivity index (χ0v) is 14.7. The van der Waals surface area contributed by atoms with Crippen molar-refractivity contribution >= 4 is 11.3 Å². The van der Waals surface area contributed by atoms with Gasteiger partial charge in [0.05, 0.1) is 17.8 Å². The van der Waals surface area contributed by atoms with Crippen LogP contribution >= 0.6 is 11.3 Å². The molecule has 0 aliphatic rings. The van der Waals surface area contributed by atoms with Crippen LogP contribution in [-0.2, 0) is 15.7 Å². The fraction of sp³-hybridized carbons (Fsp3) is 0.812. The maximum Gasteiger partial charge on any atom is 0.113 e. The zero-order chi connectivity index (χ0) is 15.2.